The second-order valence-corrected chi connectivity index (χ2v) is 8.24. The van der Waals surface area contributed by atoms with Crippen molar-refractivity contribution < 1.29 is 5.11 Å². The van der Waals surface area contributed by atoms with Crippen LogP contribution in [0.4, 0.5) is 0 Å². The van der Waals surface area contributed by atoms with Gasteiger partial charge in [-0.3, -0.25) is 4.90 Å². The van der Waals surface area contributed by atoms with Gasteiger partial charge in [0, 0.05) is 29.6 Å². The van der Waals surface area contributed by atoms with Crippen molar-refractivity contribution in [2.45, 2.75) is 39.7 Å². The van der Waals surface area contributed by atoms with Crippen molar-refractivity contribution >= 4 is 11.3 Å². The van der Waals surface area contributed by atoms with E-state index in [1.165, 1.54) is 16.0 Å². The average Bonchev–Trinajstić information content (AvgIpc) is 2.95. The molecule has 0 radical (unpaired) electrons. The molecule has 23 heavy (non-hydrogen) atoms. The molecule has 1 aromatic heterocycles. The summed E-state index contributed by atoms with van der Waals surface area (Å²) in [6.45, 7) is 7.53. The van der Waals surface area contributed by atoms with Crippen LogP contribution in [0.25, 0.3) is 0 Å². The summed E-state index contributed by atoms with van der Waals surface area (Å²) in [6.07, 6.45) is 5.23. The largest absolute Gasteiger partial charge is 0.396 e. The number of aliphatic hydroxyl groups excluding tert-OH is 1. The summed E-state index contributed by atoms with van der Waals surface area (Å²) >= 11 is 1.78. The molecule has 1 aliphatic rings. The maximum Gasteiger partial charge on any atom is 0.0897 e. The SMILES string of the molecule is Cc1ncc(CN2CCC[C@@](CO)(Cc3ccccc3C)C2)s1. The lowest BCUT2D eigenvalue weighted by atomic mass is 9.75. The first-order valence-electron chi connectivity index (χ1n) is 8.39. The smallest absolute Gasteiger partial charge is 0.0897 e. The van der Waals surface area contributed by atoms with E-state index >= 15 is 0 Å². The first-order valence-corrected chi connectivity index (χ1v) is 9.21. The van der Waals surface area contributed by atoms with Gasteiger partial charge < -0.3 is 5.11 Å². The monoisotopic (exact) mass is 330 g/mol. The zero-order chi connectivity index (χ0) is 16.3. The van der Waals surface area contributed by atoms with Gasteiger partial charge in [0.05, 0.1) is 11.6 Å². The highest BCUT2D eigenvalue weighted by atomic mass is 32.1. The Labute approximate surface area is 143 Å². The fraction of sp³-hybridized carbons (Fsp3) is 0.526. The van der Waals surface area contributed by atoms with Crippen LogP contribution in [0.1, 0.15) is 33.9 Å². The van der Waals surface area contributed by atoms with Crippen molar-refractivity contribution in [3.8, 4) is 0 Å². The molecule has 0 saturated carbocycles. The highest BCUT2D eigenvalue weighted by molar-refractivity contribution is 7.11. The molecule has 2 aromatic rings. The third-order valence-electron chi connectivity index (χ3n) is 4.95. The van der Waals surface area contributed by atoms with Crippen molar-refractivity contribution in [3.63, 3.8) is 0 Å². The Morgan fingerprint density at radius 2 is 2.13 bits per heavy atom. The quantitative estimate of drug-likeness (QED) is 0.910. The number of aromatic nitrogens is 1. The van der Waals surface area contributed by atoms with E-state index in [9.17, 15) is 5.11 Å². The van der Waals surface area contributed by atoms with Gasteiger partial charge in [-0.25, -0.2) is 4.98 Å². The van der Waals surface area contributed by atoms with Gasteiger partial charge in [-0.1, -0.05) is 24.3 Å². The summed E-state index contributed by atoms with van der Waals surface area (Å²) in [6, 6.07) is 8.57. The van der Waals surface area contributed by atoms with Crippen molar-refractivity contribution in [1.82, 2.24) is 9.88 Å². The number of nitrogens with zero attached hydrogens (tertiary/aromatic N) is 2. The Morgan fingerprint density at radius 1 is 1.30 bits per heavy atom. The number of thiazole rings is 1. The maximum absolute atomic E-state index is 10.1. The number of likely N-dealkylation sites (tertiary alicyclic amines) is 1. The third-order valence-corrected chi connectivity index (χ3v) is 5.85. The number of piperidine rings is 1. The molecule has 0 unspecified atom stereocenters. The van der Waals surface area contributed by atoms with Gasteiger partial charge >= 0.3 is 0 Å². The minimum absolute atomic E-state index is 0.00983. The predicted molar refractivity (Wildman–Crippen MR) is 95.8 cm³/mol. The van der Waals surface area contributed by atoms with Crippen LogP contribution in [0.2, 0.25) is 0 Å². The van der Waals surface area contributed by atoms with Crippen LogP contribution in [0.15, 0.2) is 30.5 Å². The zero-order valence-corrected chi connectivity index (χ0v) is 14.9. The average molecular weight is 330 g/mol. The second kappa shape index (κ2) is 7.12. The summed E-state index contributed by atoms with van der Waals surface area (Å²) in [5, 5.41) is 11.3. The van der Waals surface area contributed by atoms with Gasteiger partial charge in [0.15, 0.2) is 0 Å². The fourth-order valence-electron chi connectivity index (χ4n) is 3.69. The van der Waals surface area contributed by atoms with Crippen LogP contribution in [-0.4, -0.2) is 34.7 Å². The molecule has 0 spiro atoms. The molecule has 1 aliphatic heterocycles. The summed E-state index contributed by atoms with van der Waals surface area (Å²) in [5.74, 6) is 0. The number of hydrogen-bond donors (Lipinski definition) is 1. The van der Waals surface area contributed by atoms with Gasteiger partial charge in [-0.2, -0.15) is 0 Å². The Kier molecular flexibility index (Phi) is 5.14. The van der Waals surface area contributed by atoms with Crippen molar-refractivity contribution in [1.29, 1.82) is 0 Å². The van der Waals surface area contributed by atoms with E-state index in [0.29, 0.717) is 0 Å². The molecular weight excluding hydrogens is 304 g/mol. The lowest BCUT2D eigenvalue weighted by Gasteiger charge is -2.42. The van der Waals surface area contributed by atoms with E-state index in [2.05, 4.69) is 48.0 Å². The third kappa shape index (κ3) is 4.00. The summed E-state index contributed by atoms with van der Waals surface area (Å²) in [7, 11) is 0. The molecule has 1 aromatic carbocycles. The van der Waals surface area contributed by atoms with Gasteiger partial charge in [-0.15, -0.1) is 11.3 Å². The van der Waals surface area contributed by atoms with Crippen LogP contribution < -0.4 is 0 Å². The molecule has 3 rings (SSSR count). The van der Waals surface area contributed by atoms with Crippen LogP contribution in [0.3, 0.4) is 0 Å². The Balaban J connectivity index is 1.72. The van der Waals surface area contributed by atoms with E-state index in [1.54, 1.807) is 11.3 Å². The molecule has 3 nitrogen and oxygen atoms in total. The number of hydrogen-bond acceptors (Lipinski definition) is 4. The maximum atomic E-state index is 10.1. The molecule has 2 heterocycles. The normalized spacial score (nSPS) is 22.4. The molecule has 0 aliphatic carbocycles. The zero-order valence-electron chi connectivity index (χ0n) is 14.1. The first-order chi connectivity index (χ1) is 11.1. The van der Waals surface area contributed by atoms with E-state index in [-0.39, 0.29) is 12.0 Å². The predicted octanol–water partition coefficient (Wildman–Crippen LogP) is 3.58. The van der Waals surface area contributed by atoms with Gasteiger partial charge in [-0.05, 0) is 50.8 Å². The molecule has 0 bridgehead atoms. The summed E-state index contributed by atoms with van der Waals surface area (Å²) in [5.41, 5.74) is 2.69. The van der Waals surface area contributed by atoms with Gasteiger partial charge in [0.2, 0.25) is 0 Å². The highest BCUT2D eigenvalue weighted by Gasteiger charge is 2.35. The lowest BCUT2D eigenvalue weighted by Crippen LogP contribution is -2.46. The topological polar surface area (TPSA) is 36.4 Å². The van der Waals surface area contributed by atoms with Crippen LogP contribution in [0, 0.1) is 19.3 Å². The first kappa shape index (κ1) is 16.6. The standard InChI is InChI=1S/C19H26N2OS/c1-15-6-3-4-7-17(15)10-19(14-22)8-5-9-21(13-19)12-18-11-20-16(2)23-18/h3-4,6-7,11,22H,5,8-10,12-14H2,1-2H3/t19-/m1/s1. The molecule has 1 N–H and O–H groups in total. The number of benzene rings is 1. The molecule has 1 fully saturated rings. The van der Waals surface area contributed by atoms with Crippen LogP contribution in [-0.2, 0) is 13.0 Å². The summed E-state index contributed by atoms with van der Waals surface area (Å²) < 4.78 is 0. The van der Waals surface area contributed by atoms with Crippen molar-refractivity contribution in [2.75, 3.05) is 19.7 Å². The minimum atomic E-state index is -0.00983. The fourth-order valence-corrected chi connectivity index (χ4v) is 4.52. The van der Waals surface area contributed by atoms with E-state index in [1.807, 2.05) is 6.20 Å². The number of aryl methyl sites for hydroxylation is 2. The summed E-state index contributed by atoms with van der Waals surface area (Å²) in [4.78, 5) is 8.18. The lowest BCUT2D eigenvalue weighted by molar-refractivity contribution is 0.0291. The molecular formula is C19H26N2OS. The minimum Gasteiger partial charge on any atom is -0.396 e. The van der Waals surface area contributed by atoms with E-state index < -0.39 is 0 Å². The van der Waals surface area contributed by atoms with Crippen LogP contribution in [0.5, 0.6) is 0 Å². The molecule has 0 amide bonds. The molecule has 124 valence electrons. The molecule has 1 saturated heterocycles. The Bertz CT molecular complexity index is 654. The number of rotatable bonds is 5. The number of aliphatic hydroxyl groups is 1. The Morgan fingerprint density at radius 3 is 2.83 bits per heavy atom. The van der Waals surface area contributed by atoms with Crippen molar-refractivity contribution in [3.05, 3.63) is 51.5 Å². The molecule has 4 heteroatoms. The van der Waals surface area contributed by atoms with Crippen LogP contribution >= 0.6 is 11.3 Å². The second-order valence-electron chi connectivity index (χ2n) is 6.92. The van der Waals surface area contributed by atoms with E-state index in [0.717, 1.165) is 43.9 Å². The van der Waals surface area contributed by atoms with Gasteiger partial charge in [0.25, 0.3) is 0 Å². The molecule has 1 atom stereocenters. The highest BCUT2D eigenvalue weighted by Crippen LogP contribution is 2.35. The van der Waals surface area contributed by atoms with E-state index in [4.69, 9.17) is 0 Å². The Hall–Kier alpha value is -1.23. The van der Waals surface area contributed by atoms with Crippen molar-refractivity contribution in [2.24, 2.45) is 5.41 Å². The van der Waals surface area contributed by atoms with Gasteiger partial charge in [0.1, 0.15) is 0 Å².